The maximum absolute atomic E-state index is 12.5. The number of hydrogen-bond donors (Lipinski definition) is 1. The van der Waals surface area contributed by atoms with E-state index in [0.717, 1.165) is 30.8 Å². The molecule has 1 amide bonds. The minimum atomic E-state index is -0.252. The van der Waals surface area contributed by atoms with Gasteiger partial charge in [-0.2, -0.15) is 0 Å². The number of amides is 1. The zero-order valence-electron chi connectivity index (χ0n) is 16.5. The molecular formula is C20H19Cl3N4O3S. The predicted molar refractivity (Wildman–Crippen MR) is 122 cm³/mol. The second-order valence-corrected chi connectivity index (χ2v) is 9.19. The molecule has 1 aromatic carbocycles. The molecule has 4 rings (SSSR count). The molecule has 0 spiro atoms. The summed E-state index contributed by atoms with van der Waals surface area (Å²) in [5.41, 5.74) is 1.27. The molecule has 1 saturated heterocycles. The van der Waals surface area contributed by atoms with Gasteiger partial charge in [0.2, 0.25) is 5.91 Å². The van der Waals surface area contributed by atoms with Gasteiger partial charge in [0.25, 0.3) is 0 Å². The molecule has 1 aliphatic rings. The summed E-state index contributed by atoms with van der Waals surface area (Å²) in [4.78, 5) is 12.5. The van der Waals surface area contributed by atoms with E-state index in [0.29, 0.717) is 38.3 Å². The van der Waals surface area contributed by atoms with Gasteiger partial charge in [-0.1, -0.05) is 46.6 Å². The van der Waals surface area contributed by atoms with Crippen molar-refractivity contribution in [2.45, 2.75) is 37.6 Å². The van der Waals surface area contributed by atoms with Crippen LogP contribution in [0.2, 0.25) is 15.1 Å². The van der Waals surface area contributed by atoms with E-state index in [9.17, 15) is 4.79 Å². The topological polar surface area (TPSA) is 82.2 Å². The van der Waals surface area contributed by atoms with E-state index in [4.69, 9.17) is 44.0 Å². The van der Waals surface area contributed by atoms with Crippen molar-refractivity contribution >= 4 is 58.2 Å². The molecule has 7 nitrogen and oxygen atoms in total. The first kappa shape index (κ1) is 22.5. The lowest BCUT2D eigenvalue weighted by molar-refractivity contribution is -0.113. The highest BCUT2D eigenvalue weighted by atomic mass is 35.5. The fourth-order valence-corrected chi connectivity index (χ4v) is 4.64. The molecule has 0 bridgehead atoms. The van der Waals surface area contributed by atoms with Crippen LogP contribution in [-0.4, -0.2) is 39.1 Å². The van der Waals surface area contributed by atoms with Crippen molar-refractivity contribution in [2.75, 3.05) is 17.7 Å². The van der Waals surface area contributed by atoms with Gasteiger partial charge in [-0.15, -0.1) is 10.2 Å². The number of benzene rings is 1. The van der Waals surface area contributed by atoms with Crippen LogP contribution in [0.1, 0.15) is 18.6 Å². The quantitative estimate of drug-likeness (QED) is 0.329. The number of halogens is 3. The van der Waals surface area contributed by atoms with Crippen LogP contribution in [0.3, 0.4) is 0 Å². The highest BCUT2D eigenvalue weighted by Crippen LogP contribution is 2.33. The lowest BCUT2D eigenvalue weighted by atomic mass is 10.2. The Morgan fingerprint density at radius 1 is 1.26 bits per heavy atom. The number of carbonyl (C=O) groups excluding carboxylic acids is 1. The van der Waals surface area contributed by atoms with E-state index in [-0.39, 0.29) is 17.8 Å². The Labute approximate surface area is 198 Å². The van der Waals surface area contributed by atoms with Crippen LogP contribution < -0.4 is 5.32 Å². The van der Waals surface area contributed by atoms with Crippen molar-refractivity contribution in [1.82, 2.24) is 14.8 Å². The van der Waals surface area contributed by atoms with Gasteiger partial charge in [0.1, 0.15) is 5.76 Å². The molecule has 164 valence electrons. The maximum Gasteiger partial charge on any atom is 0.234 e. The summed E-state index contributed by atoms with van der Waals surface area (Å²) in [7, 11) is 0. The number of hydrogen-bond acceptors (Lipinski definition) is 6. The standard InChI is InChI=1S/C20H19Cl3N4O3S/c1-11-13(4-6-29-11)19-25-26-20(27(19)9-12-3-2-5-30-12)31-10-18(28)24-17-8-15(22)14(21)7-16(17)23/h4,6-8,12H,2-3,5,9-10H2,1H3,(H,24,28). The number of aromatic nitrogens is 3. The fourth-order valence-electron chi connectivity index (χ4n) is 3.30. The molecule has 1 atom stereocenters. The molecule has 2 aromatic heterocycles. The maximum atomic E-state index is 12.5. The predicted octanol–water partition coefficient (Wildman–Crippen LogP) is 5.72. The Bertz CT molecular complexity index is 1100. The highest BCUT2D eigenvalue weighted by molar-refractivity contribution is 7.99. The average Bonchev–Trinajstić information content (AvgIpc) is 3.47. The van der Waals surface area contributed by atoms with Crippen LogP contribution in [0.15, 0.2) is 34.0 Å². The first-order chi connectivity index (χ1) is 14.9. The Kier molecular flexibility index (Phi) is 7.13. The summed E-state index contributed by atoms with van der Waals surface area (Å²) in [6, 6.07) is 4.87. The van der Waals surface area contributed by atoms with Gasteiger partial charge in [0.05, 0.1) is 51.0 Å². The Morgan fingerprint density at radius 3 is 2.77 bits per heavy atom. The van der Waals surface area contributed by atoms with Crippen molar-refractivity contribution < 1.29 is 13.9 Å². The molecule has 0 radical (unpaired) electrons. The molecule has 1 fully saturated rings. The monoisotopic (exact) mass is 500 g/mol. The number of nitrogens with zero attached hydrogens (tertiary/aromatic N) is 3. The number of thioether (sulfide) groups is 1. The van der Waals surface area contributed by atoms with Gasteiger partial charge >= 0.3 is 0 Å². The molecule has 1 aliphatic heterocycles. The first-order valence-electron chi connectivity index (χ1n) is 9.59. The number of aryl methyl sites for hydroxylation is 1. The van der Waals surface area contributed by atoms with Gasteiger partial charge < -0.3 is 14.5 Å². The summed E-state index contributed by atoms with van der Waals surface area (Å²) in [5.74, 6) is 1.31. The van der Waals surface area contributed by atoms with E-state index >= 15 is 0 Å². The lowest BCUT2D eigenvalue weighted by Crippen LogP contribution is -2.18. The molecule has 3 aromatic rings. The van der Waals surface area contributed by atoms with E-state index in [1.165, 1.54) is 23.9 Å². The van der Waals surface area contributed by atoms with E-state index < -0.39 is 0 Å². The van der Waals surface area contributed by atoms with E-state index in [1.54, 1.807) is 6.26 Å². The third-order valence-electron chi connectivity index (χ3n) is 4.84. The largest absolute Gasteiger partial charge is 0.469 e. The number of anilines is 1. The minimum absolute atomic E-state index is 0.0881. The third kappa shape index (κ3) is 5.21. The molecule has 1 N–H and O–H groups in total. The SMILES string of the molecule is Cc1occc1-c1nnc(SCC(=O)Nc2cc(Cl)c(Cl)cc2Cl)n1CC1CCCO1. The number of nitrogens with one attached hydrogen (secondary N) is 1. The second kappa shape index (κ2) is 9.83. The number of ether oxygens (including phenoxy) is 1. The number of furan rings is 1. The second-order valence-electron chi connectivity index (χ2n) is 7.03. The van der Waals surface area contributed by atoms with Crippen molar-refractivity contribution in [3.05, 3.63) is 45.3 Å². The first-order valence-corrected chi connectivity index (χ1v) is 11.7. The molecule has 0 aliphatic carbocycles. The normalized spacial score (nSPS) is 16.1. The van der Waals surface area contributed by atoms with Crippen LogP contribution in [0.5, 0.6) is 0 Å². The number of carbonyl (C=O) groups is 1. The molecule has 1 unspecified atom stereocenters. The van der Waals surface area contributed by atoms with Gasteiger partial charge in [0, 0.05) is 6.61 Å². The highest BCUT2D eigenvalue weighted by Gasteiger charge is 2.23. The summed E-state index contributed by atoms with van der Waals surface area (Å²) in [6.07, 6.45) is 3.71. The molecule has 31 heavy (non-hydrogen) atoms. The van der Waals surface area contributed by atoms with Gasteiger partial charge in [-0.3, -0.25) is 9.36 Å². The van der Waals surface area contributed by atoms with Crippen LogP contribution in [-0.2, 0) is 16.1 Å². The smallest absolute Gasteiger partial charge is 0.234 e. The number of rotatable bonds is 7. The molecule has 11 heteroatoms. The molecular weight excluding hydrogens is 483 g/mol. The van der Waals surface area contributed by atoms with E-state index in [1.807, 2.05) is 17.6 Å². The fraction of sp³-hybridized carbons (Fsp3) is 0.350. The summed E-state index contributed by atoms with van der Waals surface area (Å²) in [6.45, 7) is 3.24. The third-order valence-corrected chi connectivity index (χ3v) is 6.84. The van der Waals surface area contributed by atoms with Crippen LogP contribution >= 0.6 is 46.6 Å². The van der Waals surface area contributed by atoms with E-state index in [2.05, 4.69) is 15.5 Å². The Balaban J connectivity index is 1.50. The van der Waals surface area contributed by atoms with Crippen molar-refractivity contribution in [2.24, 2.45) is 0 Å². The summed E-state index contributed by atoms with van der Waals surface area (Å²) < 4.78 is 13.2. The van der Waals surface area contributed by atoms with Gasteiger partial charge in [-0.25, -0.2) is 0 Å². The average molecular weight is 502 g/mol. The summed E-state index contributed by atoms with van der Waals surface area (Å²) in [5, 5.41) is 13.0. The van der Waals surface area contributed by atoms with Crippen molar-refractivity contribution in [3.8, 4) is 11.4 Å². The zero-order valence-corrected chi connectivity index (χ0v) is 19.6. The van der Waals surface area contributed by atoms with Gasteiger partial charge in [0.15, 0.2) is 11.0 Å². The van der Waals surface area contributed by atoms with Crippen LogP contribution in [0, 0.1) is 6.92 Å². The van der Waals surface area contributed by atoms with Gasteiger partial charge in [-0.05, 0) is 38.0 Å². The Hall–Kier alpha value is -1.71. The van der Waals surface area contributed by atoms with Crippen molar-refractivity contribution in [1.29, 1.82) is 0 Å². The Morgan fingerprint density at radius 2 is 2.06 bits per heavy atom. The molecule has 3 heterocycles. The van der Waals surface area contributed by atoms with Crippen LogP contribution in [0.4, 0.5) is 5.69 Å². The molecule has 0 saturated carbocycles. The zero-order chi connectivity index (χ0) is 22.0. The lowest BCUT2D eigenvalue weighted by Gasteiger charge is -2.14. The minimum Gasteiger partial charge on any atom is -0.469 e. The van der Waals surface area contributed by atoms with Crippen molar-refractivity contribution in [3.63, 3.8) is 0 Å². The summed E-state index contributed by atoms with van der Waals surface area (Å²) >= 11 is 19.4. The van der Waals surface area contributed by atoms with Crippen LogP contribution in [0.25, 0.3) is 11.4 Å².